The Hall–Kier alpha value is -2.29. The van der Waals surface area contributed by atoms with Gasteiger partial charge in [0.25, 0.3) is 0 Å². The van der Waals surface area contributed by atoms with Gasteiger partial charge in [-0.1, -0.05) is 19.1 Å². The number of aromatic nitrogens is 1. The molecule has 1 atom stereocenters. The van der Waals surface area contributed by atoms with Crippen LogP contribution in [0.25, 0.3) is 0 Å². The van der Waals surface area contributed by atoms with Gasteiger partial charge in [-0.2, -0.15) is 4.31 Å². The molecule has 0 saturated carbocycles. The monoisotopic (exact) mass is 429 g/mol. The summed E-state index contributed by atoms with van der Waals surface area (Å²) in [5, 5.41) is 2.92. The van der Waals surface area contributed by atoms with Gasteiger partial charge in [0.2, 0.25) is 15.9 Å². The molecule has 4 rings (SSSR count). The van der Waals surface area contributed by atoms with Gasteiger partial charge in [0.15, 0.2) is 0 Å². The Bertz CT molecular complexity index is 987. The van der Waals surface area contributed by atoms with E-state index in [2.05, 4.69) is 10.3 Å². The van der Waals surface area contributed by atoms with Gasteiger partial charge < -0.3 is 10.1 Å². The Balaban J connectivity index is 1.60. The second-order valence-electron chi connectivity index (χ2n) is 8.05. The average molecular weight is 430 g/mol. The van der Waals surface area contributed by atoms with Crippen LogP contribution in [0.15, 0.2) is 53.7 Å². The molecular formula is C22H27N3O4S. The number of carbonyl (C=O) groups excluding carboxylic acids is 1. The number of sulfonamides is 1. The third-order valence-electron chi connectivity index (χ3n) is 6.32. The fourth-order valence-corrected chi connectivity index (χ4v) is 6.01. The Labute approximate surface area is 177 Å². The third kappa shape index (κ3) is 3.99. The molecule has 0 aliphatic carbocycles. The van der Waals surface area contributed by atoms with E-state index in [0.717, 1.165) is 12.0 Å². The molecule has 2 saturated heterocycles. The number of carbonyl (C=O) groups is 1. The maximum absolute atomic E-state index is 13.3. The Kier molecular flexibility index (Phi) is 5.90. The van der Waals surface area contributed by atoms with E-state index in [9.17, 15) is 13.2 Å². The van der Waals surface area contributed by atoms with Crippen molar-refractivity contribution in [2.75, 3.05) is 31.6 Å². The van der Waals surface area contributed by atoms with E-state index in [0.29, 0.717) is 38.3 Å². The van der Waals surface area contributed by atoms with Crippen LogP contribution in [0.5, 0.6) is 0 Å². The summed E-state index contributed by atoms with van der Waals surface area (Å²) in [4.78, 5) is 17.5. The van der Waals surface area contributed by atoms with Gasteiger partial charge in [0.1, 0.15) is 0 Å². The lowest BCUT2D eigenvalue weighted by molar-refractivity contribution is -0.124. The molecule has 160 valence electrons. The summed E-state index contributed by atoms with van der Waals surface area (Å²) < 4.78 is 33.7. The van der Waals surface area contributed by atoms with Crippen molar-refractivity contribution in [3.8, 4) is 0 Å². The fourth-order valence-electron chi connectivity index (χ4n) is 4.46. The van der Waals surface area contributed by atoms with Crippen LogP contribution >= 0.6 is 0 Å². The summed E-state index contributed by atoms with van der Waals surface area (Å²) in [5.74, 6) is -0.602. The quantitative estimate of drug-likeness (QED) is 0.790. The highest BCUT2D eigenvalue weighted by Crippen LogP contribution is 2.46. The molecule has 0 bridgehead atoms. The molecule has 1 amide bonds. The summed E-state index contributed by atoms with van der Waals surface area (Å²) in [7, 11) is -3.68. The third-order valence-corrected chi connectivity index (χ3v) is 8.15. The van der Waals surface area contributed by atoms with Crippen molar-refractivity contribution in [3.05, 3.63) is 54.4 Å². The molecular weight excluding hydrogens is 402 g/mol. The van der Waals surface area contributed by atoms with Crippen LogP contribution in [-0.2, 0) is 26.0 Å². The van der Waals surface area contributed by atoms with Crippen LogP contribution in [-0.4, -0.2) is 49.9 Å². The molecule has 0 unspecified atom stereocenters. The smallest absolute Gasteiger partial charge is 0.243 e. The van der Waals surface area contributed by atoms with Crippen molar-refractivity contribution in [3.63, 3.8) is 0 Å². The summed E-state index contributed by atoms with van der Waals surface area (Å²) >= 11 is 0. The SMILES string of the molecule is CCc1ccc(S(=O)(=O)N2C[C@@H](C(=O)Nc3cccnc3)C3(CCOCC3)C2)cc1. The second kappa shape index (κ2) is 8.45. The van der Waals surface area contributed by atoms with E-state index >= 15 is 0 Å². The molecule has 2 aromatic rings. The van der Waals surface area contributed by atoms with Crippen LogP contribution < -0.4 is 5.32 Å². The molecule has 1 aromatic heterocycles. The minimum Gasteiger partial charge on any atom is -0.381 e. The number of nitrogens with zero attached hydrogens (tertiary/aromatic N) is 2. The summed E-state index contributed by atoms with van der Waals surface area (Å²) in [6.45, 7) is 3.61. The normalized spacial score (nSPS) is 21.6. The maximum atomic E-state index is 13.3. The number of pyridine rings is 1. The number of rotatable bonds is 5. The number of aryl methyl sites for hydroxylation is 1. The van der Waals surface area contributed by atoms with Crippen molar-refractivity contribution < 1.29 is 17.9 Å². The first-order valence-corrected chi connectivity index (χ1v) is 11.8. The van der Waals surface area contributed by atoms with Crippen molar-refractivity contribution in [2.45, 2.75) is 31.1 Å². The molecule has 1 N–H and O–H groups in total. The number of nitrogens with one attached hydrogen (secondary N) is 1. The van der Waals surface area contributed by atoms with Crippen molar-refractivity contribution in [1.29, 1.82) is 0 Å². The molecule has 30 heavy (non-hydrogen) atoms. The first kappa shape index (κ1) is 21.0. The fraction of sp³-hybridized carbons (Fsp3) is 0.455. The molecule has 1 aromatic carbocycles. The van der Waals surface area contributed by atoms with E-state index < -0.39 is 21.4 Å². The number of anilines is 1. The first-order valence-electron chi connectivity index (χ1n) is 10.3. The zero-order valence-electron chi connectivity index (χ0n) is 17.1. The van der Waals surface area contributed by atoms with Gasteiger partial charge in [0, 0.05) is 37.9 Å². The van der Waals surface area contributed by atoms with Gasteiger partial charge in [-0.3, -0.25) is 9.78 Å². The van der Waals surface area contributed by atoms with E-state index in [4.69, 9.17) is 4.74 Å². The minimum absolute atomic E-state index is 0.163. The number of ether oxygens (including phenoxy) is 1. The van der Waals surface area contributed by atoms with Crippen LogP contribution in [0.3, 0.4) is 0 Å². The highest BCUT2D eigenvalue weighted by Gasteiger charge is 2.53. The van der Waals surface area contributed by atoms with Crippen molar-refractivity contribution >= 4 is 21.6 Å². The molecule has 0 radical (unpaired) electrons. The van der Waals surface area contributed by atoms with Crippen LogP contribution in [0.2, 0.25) is 0 Å². The number of hydrogen-bond donors (Lipinski definition) is 1. The zero-order chi connectivity index (χ0) is 21.2. The predicted octanol–water partition coefficient (Wildman–Crippen LogP) is 2.70. The molecule has 1 spiro atoms. The minimum atomic E-state index is -3.68. The summed E-state index contributed by atoms with van der Waals surface area (Å²) in [6.07, 6.45) is 5.41. The molecule has 3 heterocycles. The van der Waals surface area contributed by atoms with E-state index in [1.807, 2.05) is 19.1 Å². The molecule has 2 aliphatic rings. The van der Waals surface area contributed by atoms with Gasteiger partial charge in [-0.15, -0.1) is 0 Å². The zero-order valence-corrected chi connectivity index (χ0v) is 17.9. The molecule has 8 heteroatoms. The Morgan fingerprint density at radius 3 is 2.60 bits per heavy atom. The standard InChI is InChI=1S/C22H27N3O4S/c1-2-17-5-7-19(8-6-17)30(27,28)25-15-20(22(16-25)9-12-29-13-10-22)21(26)24-18-4-3-11-23-14-18/h3-8,11,14,20H,2,9-10,12-13,15-16H2,1H3,(H,24,26)/t20-/m0/s1. The summed E-state index contributed by atoms with van der Waals surface area (Å²) in [6, 6.07) is 10.5. The van der Waals surface area contributed by atoms with E-state index in [1.54, 1.807) is 36.7 Å². The average Bonchev–Trinajstić information content (AvgIpc) is 3.14. The largest absolute Gasteiger partial charge is 0.381 e. The molecule has 7 nitrogen and oxygen atoms in total. The Morgan fingerprint density at radius 2 is 1.97 bits per heavy atom. The lowest BCUT2D eigenvalue weighted by Crippen LogP contribution is -2.42. The summed E-state index contributed by atoms with van der Waals surface area (Å²) in [5.41, 5.74) is 1.28. The van der Waals surface area contributed by atoms with Gasteiger partial charge in [-0.25, -0.2) is 8.42 Å². The number of amides is 1. The second-order valence-corrected chi connectivity index (χ2v) is 9.99. The number of benzene rings is 1. The van der Waals surface area contributed by atoms with Gasteiger partial charge in [-0.05, 0) is 49.1 Å². The lowest BCUT2D eigenvalue weighted by Gasteiger charge is -2.37. The van der Waals surface area contributed by atoms with Crippen molar-refractivity contribution in [1.82, 2.24) is 9.29 Å². The lowest BCUT2D eigenvalue weighted by atomic mass is 9.72. The molecule has 2 aliphatic heterocycles. The highest BCUT2D eigenvalue weighted by molar-refractivity contribution is 7.89. The van der Waals surface area contributed by atoms with Crippen molar-refractivity contribution in [2.24, 2.45) is 11.3 Å². The van der Waals surface area contributed by atoms with Gasteiger partial charge >= 0.3 is 0 Å². The van der Waals surface area contributed by atoms with Crippen LogP contribution in [0, 0.1) is 11.3 Å². The molecule has 2 fully saturated rings. The highest BCUT2D eigenvalue weighted by atomic mass is 32.2. The topological polar surface area (TPSA) is 88.6 Å². The first-order chi connectivity index (χ1) is 14.4. The maximum Gasteiger partial charge on any atom is 0.243 e. The van der Waals surface area contributed by atoms with Crippen LogP contribution in [0.4, 0.5) is 5.69 Å². The Morgan fingerprint density at radius 1 is 1.23 bits per heavy atom. The van der Waals surface area contributed by atoms with E-state index in [-0.39, 0.29) is 17.3 Å². The van der Waals surface area contributed by atoms with Gasteiger partial charge in [0.05, 0.1) is 22.7 Å². The van der Waals surface area contributed by atoms with E-state index in [1.165, 1.54) is 4.31 Å². The van der Waals surface area contributed by atoms with Crippen LogP contribution in [0.1, 0.15) is 25.3 Å². The predicted molar refractivity (Wildman–Crippen MR) is 113 cm³/mol. The number of hydrogen-bond acceptors (Lipinski definition) is 5.